The Hall–Kier alpha value is -1.54. The molecule has 4 nitrogen and oxygen atoms in total. The molecular weight excluding hydrogens is 383 g/mol. The first-order valence-electron chi connectivity index (χ1n) is 5.99. The van der Waals surface area contributed by atoms with E-state index in [1.54, 1.807) is 17.5 Å². The number of hydrogen-bond acceptors (Lipinski definition) is 5. The summed E-state index contributed by atoms with van der Waals surface area (Å²) in [6, 6.07) is 9.99. The van der Waals surface area contributed by atoms with Crippen LogP contribution >= 0.6 is 33.9 Å². The van der Waals surface area contributed by atoms with Gasteiger partial charge in [0.05, 0.1) is 15.6 Å². The van der Waals surface area contributed by atoms with Crippen molar-refractivity contribution in [2.45, 2.75) is 6.92 Å². The first-order valence-corrected chi connectivity index (χ1v) is 7.89. The normalized spacial score (nSPS) is 10.5. The zero-order chi connectivity index (χ0) is 13.9. The van der Waals surface area contributed by atoms with Gasteiger partial charge in [0, 0.05) is 21.7 Å². The predicted octanol–water partition coefficient (Wildman–Crippen LogP) is 4.26. The summed E-state index contributed by atoms with van der Waals surface area (Å²) in [7, 11) is 0. The molecule has 0 spiro atoms. The van der Waals surface area contributed by atoms with Crippen LogP contribution in [0.4, 0.5) is 11.6 Å². The molecule has 20 heavy (non-hydrogen) atoms. The van der Waals surface area contributed by atoms with Crippen molar-refractivity contribution in [3.63, 3.8) is 0 Å². The van der Waals surface area contributed by atoms with E-state index in [0.29, 0.717) is 5.95 Å². The Morgan fingerprint density at radius 1 is 1.10 bits per heavy atom. The molecule has 0 saturated heterocycles. The second kappa shape index (κ2) is 5.84. The maximum absolute atomic E-state index is 4.52. The summed E-state index contributed by atoms with van der Waals surface area (Å²) in [5.74, 6) is 0.592. The van der Waals surface area contributed by atoms with Gasteiger partial charge in [0.2, 0.25) is 5.95 Å². The Morgan fingerprint density at radius 3 is 2.60 bits per heavy atom. The van der Waals surface area contributed by atoms with Gasteiger partial charge in [0.25, 0.3) is 0 Å². The number of thiazole rings is 1. The fraction of sp³-hybridized carbons (Fsp3) is 0.0714. The minimum absolute atomic E-state index is 0.592. The van der Waals surface area contributed by atoms with Gasteiger partial charge < -0.3 is 5.32 Å². The van der Waals surface area contributed by atoms with Gasteiger partial charge in [-0.2, -0.15) is 0 Å². The van der Waals surface area contributed by atoms with Crippen molar-refractivity contribution < 1.29 is 0 Å². The standard InChI is InChI=1S/C14H11IN4S/c1-9-17-8-13(20-9)12-6-7-16-14(19-12)18-11-4-2-10(15)3-5-11/h2-8H,1H3,(H,16,18,19). The second-order valence-corrected chi connectivity index (χ2v) is 6.62. The second-order valence-electron chi connectivity index (χ2n) is 4.14. The van der Waals surface area contributed by atoms with Crippen molar-refractivity contribution in [2.75, 3.05) is 5.32 Å². The Labute approximate surface area is 134 Å². The molecule has 2 aromatic heterocycles. The fourth-order valence-corrected chi connectivity index (χ4v) is 2.81. The van der Waals surface area contributed by atoms with Gasteiger partial charge >= 0.3 is 0 Å². The third-order valence-electron chi connectivity index (χ3n) is 2.63. The monoisotopic (exact) mass is 394 g/mol. The van der Waals surface area contributed by atoms with E-state index in [2.05, 4.69) is 42.9 Å². The van der Waals surface area contributed by atoms with Crippen molar-refractivity contribution in [3.8, 4) is 10.6 Å². The third-order valence-corrected chi connectivity index (χ3v) is 4.28. The van der Waals surface area contributed by atoms with E-state index in [-0.39, 0.29) is 0 Å². The molecule has 0 aliphatic carbocycles. The molecule has 100 valence electrons. The maximum Gasteiger partial charge on any atom is 0.227 e. The highest BCUT2D eigenvalue weighted by Gasteiger charge is 2.05. The lowest BCUT2D eigenvalue weighted by molar-refractivity contribution is 1.17. The van der Waals surface area contributed by atoms with Crippen molar-refractivity contribution in [3.05, 3.63) is 51.3 Å². The van der Waals surface area contributed by atoms with Crippen LogP contribution in [0.1, 0.15) is 5.01 Å². The summed E-state index contributed by atoms with van der Waals surface area (Å²) in [5.41, 5.74) is 1.86. The van der Waals surface area contributed by atoms with E-state index >= 15 is 0 Å². The van der Waals surface area contributed by atoms with E-state index in [4.69, 9.17) is 0 Å². The highest BCUT2D eigenvalue weighted by Crippen LogP contribution is 2.25. The Bertz CT molecular complexity index is 724. The Balaban J connectivity index is 1.86. The lowest BCUT2D eigenvalue weighted by atomic mass is 10.3. The number of aromatic nitrogens is 3. The number of hydrogen-bond donors (Lipinski definition) is 1. The SMILES string of the molecule is Cc1ncc(-c2ccnc(Nc3ccc(I)cc3)n2)s1. The topological polar surface area (TPSA) is 50.7 Å². The molecule has 3 rings (SSSR count). The van der Waals surface area contributed by atoms with Gasteiger partial charge in [-0.1, -0.05) is 0 Å². The highest BCUT2D eigenvalue weighted by molar-refractivity contribution is 14.1. The first-order chi connectivity index (χ1) is 9.70. The van der Waals surface area contributed by atoms with Crippen molar-refractivity contribution in [1.82, 2.24) is 15.0 Å². The molecule has 0 atom stereocenters. The molecule has 0 amide bonds. The average molecular weight is 394 g/mol. The molecule has 1 N–H and O–H groups in total. The van der Waals surface area contributed by atoms with Gasteiger partial charge in [-0.3, -0.25) is 0 Å². The number of benzene rings is 1. The first kappa shape index (κ1) is 13.4. The fourth-order valence-electron chi connectivity index (χ4n) is 1.70. The van der Waals surface area contributed by atoms with Crippen LogP contribution in [0, 0.1) is 10.5 Å². The van der Waals surface area contributed by atoms with Crippen molar-refractivity contribution >= 4 is 45.6 Å². The van der Waals surface area contributed by atoms with Crippen molar-refractivity contribution in [1.29, 1.82) is 0 Å². The molecule has 0 bridgehead atoms. The summed E-state index contributed by atoms with van der Waals surface area (Å²) >= 11 is 3.91. The van der Waals surface area contributed by atoms with Crippen LogP contribution in [0.15, 0.2) is 42.7 Å². The van der Waals surface area contributed by atoms with E-state index in [1.807, 2.05) is 43.5 Å². The molecule has 1 aromatic carbocycles. The number of halogens is 1. The van der Waals surface area contributed by atoms with Gasteiger partial charge in [0.1, 0.15) is 0 Å². The van der Waals surface area contributed by atoms with Gasteiger partial charge in [-0.25, -0.2) is 15.0 Å². The summed E-state index contributed by atoms with van der Waals surface area (Å²) in [6.07, 6.45) is 3.60. The summed E-state index contributed by atoms with van der Waals surface area (Å²) in [4.78, 5) is 14.1. The lowest BCUT2D eigenvalue weighted by Crippen LogP contribution is -1.97. The number of nitrogens with zero attached hydrogens (tertiary/aromatic N) is 3. The molecule has 0 aliphatic rings. The van der Waals surface area contributed by atoms with Crippen LogP contribution in [-0.4, -0.2) is 15.0 Å². The zero-order valence-corrected chi connectivity index (χ0v) is 13.6. The Kier molecular flexibility index (Phi) is 3.93. The molecule has 0 radical (unpaired) electrons. The average Bonchev–Trinajstić information content (AvgIpc) is 2.89. The quantitative estimate of drug-likeness (QED) is 0.675. The molecule has 3 aromatic rings. The van der Waals surface area contributed by atoms with Gasteiger partial charge in [-0.05, 0) is 59.8 Å². The van der Waals surface area contributed by atoms with Crippen LogP contribution in [-0.2, 0) is 0 Å². The Morgan fingerprint density at radius 2 is 1.90 bits per heavy atom. The number of aryl methyl sites for hydroxylation is 1. The van der Waals surface area contributed by atoms with E-state index in [0.717, 1.165) is 21.3 Å². The molecule has 0 aliphatic heterocycles. The molecule has 0 fully saturated rings. The van der Waals surface area contributed by atoms with E-state index < -0.39 is 0 Å². The minimum Gasteiger partial charge on any atom is -0.324 e. The molecule has 6 heteroatoms. The minimum atomic E-state index is 0.592. The molecule has 0 unspecified atom stereocenters. The van der Waals surface area contributed by atoms with Crippen molar-refractivity contribution in [2.24, 2.45) is 0 Å². The smallest absolute Gasteiger partial charge is 0.227 e. The zero-order valence-electron chi connectivity index (χ0n) is 10.7. The maximum atomic E-state index is 4.52. The highest BCUT2D eigenvalue weighted by atomic mass is 127. The van der Waals surface area contributed by atoms with Crippen LogP contribution in [0.25, 0.3) is 10.6 Å². The molecular formula is C14H11IN4S. The van der Waals surface area contributed by atoms with Crippen LogP contribution in [0.5, 0.6) is 0 Å². The molecule has 0 saturated carbocycles. The van der Waals surface area contributed by atoms with Gasteiger partial charge in [0.15, 0.2) is 0 Å². The largest absolute Gasteiger partial charge is 0.324 e. The van der Waals surface area contributed by atoms with Crippen LogP contribution in [0.3, 0.4) is 0 Å². The molecule has 2 heterocycles. The van der Waals surface area contributed by atoms with E-state index in [9.17, 15) is 0 Å². The van der Waals surface area contributed by atoms with E-state index in [1.165, 1.54) is 3.57 Å². The number of anilines is 2. The lowest BCUT2D eigenvalue weighted by Gasteiger charge is -2.05. The van der Waals surface area contributed by atoms with Crippen LogP contribution in [0.2, 0.25) is 0 Å². The summed E-state index contributed by atoms with van der Waals surface area (Å²) in [6.45, 7) is 1.99. The van der Waals surface area contributed by atoms with Gasteiger partial charge in [-0.15, -0.1) is 11.3 Å². The third kappa shape index (κ3) is 3.13. The summed E-state index contributed by atoms with van der Waals surface area (Å²) < 4.78 is 1.20. The number of rotatable bonds is 3. The number of nitrogens with one attached hydrogen (secondary N) is 1. The van der Waals surface area contributed by atoms with Crippen LogP contribution < -0.4 is 5.32 Å². The summed E-state index contributed by atoms with van der Waals surface area (Å²) in [5, 5.41) is 4.24. The predicted molar refractivity (Wildman–Crippen MR) is 90.3 cm³/mol.